The van der Waals surface area contributed by atoms with Crippen molar-refractivity contribution in [2.45, 2.75) is 32.2 Å². The van der Waals surface area contributed by atoms with E-state index in [4.69, 9.17) is 10.9 Å². The molecule has 70 valence electrons. The van der Waals surface area contributed by atoms with Gasteiger partial charge in [-0.15, -0.1) is 0 Å². The average molecular weight is 171 g/mol. The summed E-state index contributed by atoms with van der Waals surface area (Å²) in [6.45, 7) is 4.21. The second-order valence-corrected chi connectivity index (χ2v) is 3.19. The summed E-state index contributed by atoms with van der Waals surface area (Å²) in [4.78, 5) is 2.27. The van der Waals surface area contributed by atoms with Crippen molar-refractivity contribution >= 4 is 5.84 Å². The first-order valence-electron chi connectivity index (χ1n) is 4.51. The summed E-state index contributed by atoms with van der Waals surface area (Å²) in [6.07, 6.45) is 3.38. The summed E-state index contributed by atoms with van der Waals surface area (Å²) in [5.41, 5.74) is 5.57. The van der Waals surface area contributed by atoms with E-state index in [1.807, 2.05) is 0 Å². The lowest BCUT2D eigenvalue weighted by Gasteiger charge is -2.24. The van der Waals surface area contributed by atoms with Gasteiger partial charge in [-0.1, -0.05) is 12.1 Å². The Hall–Kier alpha value is -0.770. The molecule has 1 aliphatic heterocycles. The summed E-state index contributed by atoms with van der Waals surface area (Å²) in [7, 11) is 0. The Bertz CT molecular complexity index is 164. The molecule has 0 saturated carbocycles. The normalized spacial score (nSPS) is 22.9. The zero-order valence-electron chi connectivity index (χ0n) is 7.53. The third kappa shape index (κ3) is 1.88. The Kier molecular flexibility index (Phi) is 3.34. The Morgan fingerprint density at radius 2 is 2.17 bits per heavy atom. The SMILES string of the molecule is CCC(C(N)=NO)N1CCCC1. The minimum atomic E-state index is 0.137. The summed E-state index contributed by atoms with van der Waals surface area (Å²) in [5, 5.41) is 11.6. The van der Waals surface area contributed by atoms with E-state index in [9.17, 15) is 0 Å². The second kappa shape index (κ2) is 4.30. The summed E-state index contributed by atoms with van der Waals surface area (Å²) in [5.74, 6) is 0.347. The molecule has 3 N–H and O–H groups in total. The van der Waals surface area contributed by atoms with Gasteiger partial charge in [0.25, 0.3) is 0 Å². The smallest absolute Gasteiger partial charge is 0.156 e. The van der Waals surface area contributed by atoms with Gasteiger partial charge in [-0.2, -0.15) is 0 Å². The Balaban J connectivity index is 2.54. The van der Waals surface area contributed by atoms with Gasteiger partial charge in [-0.25, -0.2) is 0 Å². The number of hydrogen-bond acceptors (Lipinski definition) is 3. The lowest BCUT2D eigenvalue weighted by atomic mass is 10.2. The van der Waals surface area contributed by atoms with Crippen molar-refractivity contribution in [2.24, 2.45) is 10.9 Å². The van der Waals surface area contributed by atoms with E-state index in [0.717, 1.165) is 19.5 Å². The summed E-state index contributed by atoms with van der Waals surface area (Å²) < 4.78 is 0. The van der Waals surface area contributed by atoms with Crippen LogP contribution in [0.5, 0.6) is 0 Å². The van der Waals surface area contributed by atoms with Gasteiger partial charge in [0.05, 0.1) is 6.04 Å². The molecule has 0 aromatic carbocycles. The van der Waals surface area contributed by atoms with E-state index in [1.54, 1.807) is 0 Å². The maximum atomic E-state index is 8.53. The van der Waals surface area contributed by atoms with Crippen LogP contribution >= 0.6 is 0 Å². The second-order valence-electron chi connectivity index (χ2n) is 3.19. The largest absolute Gasteiger partial charge is 0.409 e. The molecule has 1 heterocycles. The number of oxime groups is 1. The van der Waals surface area contributed by atoms with E-state index in [2.05, 4.69) is 17.0 Å². The van der Waals surface area contributed by atoms with Crippen LogP contribution in [0.25, 0.3) is 0 Å². The number of nitrogens with two attached hydrogens (primary N) is 1. The lowest BCUT2D eigenvalue weighted by Crippen LogP contribution is -2.42. The Morgan fingerprint density at radius 1 is 1.58 bits per heavy atom. The van der Waals surface area contributed by atoms with Crippen molar-refractivity contribution in [3.8, 4) is 0 Å². The molecule has 1 saturated heterocycles. The Labute approximate surface area is 73.0 Å². The van der Waals surface area contributed by atoms with Crippen molar-refractivity contribution in [3.63, 3.8) is 0 Å². The number of nitrogens with zero attached hydrogens (tertiary/aromatic N) is 2. The number of rotatable bonds is 3. The fourth-order valence-corrected chi connectivity index (χ4v) is 1.77. The highest BCUT2D eigenvalue weighted by molar-refractivity contribution is 5.85. The van der Waals surface area contributed by atoms with Crippen LogP contribution in [-0.4, -0.2) is 35.1 Å². The molecule has 4 nitrogen and oxygen atoms in total. The minimum absolute atomic E-state index is 0.137. The third-order valence-corrected chi connectivity index (χ3v) is 2.43. The summed E-state index contributed by atoms with van der Waals surface area (Å²) in [6, 6.07) is 0.137. The monoisotopic (exact) mass is 171 g/mol. The molecule has 0 bridgehead atoms. The fourth-order valence-electron chi connectivity index (χ4n) is 1.77. The first kappa shape index (κ1) is 9.32. The minimum Gasteiger partial charge on any atom is -0.409 e. The maximum absolute atomic E-state index is 8.53. The first-order valence-corrected chi connectivity index (χ1v) is 4.51. The van der Waals surface area contributed by atoms with Gasteiger partial charge in [-0.05, 0) is 32.4 Å². The van der Waals surface area contributed by atoms with Crippen molar-refractivity contribution < 1.29 is 5.21 Å². The lowest BCUT2D eigenvalue weighted by molar-refractivity contribution is 0.271. The molecule has 1 rings (SSSR count). The van der Waals surface area contributed by atoms with Crippen LogP contribution < -0.4 is 5.73 Å². The van der Waals surface area contributed by atoms with Crippen LogP contribution in [0.3, 0.4) is 0 Å². The van der Waals surface area contributed by atoms with Crippen LogP contribution in [0.1, 0.15) is 26.2 Å². The van der Waals surface area contributed by atoms with Crippen molar-refractivity contribution in [1.29, 1.82) is 0 Å². The molecular weight excluding hydrogens is 154 g/mol. The molecule has 1 atom stereocenters. The molecule has 0 aromatic heterocycles. The van der Waals surface area contributed by atoms with Crippen LogP contribution in [-0.2, 0) is 0 Å². The standard InChI is InChI=1S/C8H17N3O/c1-2-7(8(9)10-12)11-5-3-4-6-11/h7,12H,2-6H2,1H3,(H2,9,10). The van der Waals surface area contributed by atoms with Crippen molar-refractivity contribution in [1.82, 2.24) is 4.90 Å². The topological polar surface area (TPSA) is 61.9 Å². The predicted octanol–water partition coefficient (Wildman–Crippen LogP) is 0.607. The number of amidine groups is 1. The van der Waals surface area contributed by atoms with Gasteiger partial charge in [0.15, 0.2) is 5.84 Å². The first-order chi connectivity index (χ1) is 5.79. The molecule has 1 aliphatic rings. The highest BCUT2D eigenvalue weighted by Gasteiger charge is 2.23. The summed E-state index contributed by atoms with van der Waals surface area (Å²) >= 11 is 0. The molecule has 0 aromatic rings. The van der Waals surface area contributed by atoms with Gasteiger partial charge in [-0.3, -0.25) is 4.90 Å². The predicted molar refractivity (Wildman–Crippen MR) is 48.3 cm³/mol. The highest BCUT2D eigenvalue weighted by Crippen LogP contribution is 2.13. The number of hydrogen-bond donors (Lipinski definition) is 2. The average Bonchev–Trinajstić information content (AvgIpc) is 2.58. The molecule has 12 heavy (non-hydrogen) atoms. The number of likely N-dealkylation sites (tertiary alicyclic amines) is 1. The van der Waals surface area contributed by atoms with E-state index in [0.29, 0.717) is 5.84 Å². The Morgan fingerprint density at radius 3 is 2.58 bits per heavy atom. The molecule has 0 aliphatic carbocycles. The van der Waals surface area contributed by atoms with E-state index in [-0.39, 0.29) is 6.04 Å². The third-order valence-electron chi connectivity index (χ3n) is 2.43. The van der Waals surface area contributed by atoms with Crippen LogP contribution in [0.4, 0.5) is 0 Å². The molecular formula is C8H17N3O. The van der Waals surface area contributed by atoms with E-state index >= 15 is 0 Å². The molecule has 0 amide bonds. The molecule has 1 unspecified atom stereocenters. The molecule has 1 fully saturated rings. The van der Waals surface area contributed by atoms with Crippen molar-refractivity contribution in [3.05, 3.63) is 0 Å². The van der Waals surface area contributed by atoms with Gasteiger partial charge in [0.1, 0.15) is 0 Å². The van der Waals surface area contributed by atoms with Crippen LogP contribution in [0.2, 0.25) is 0 Å². The maximum Gasteiger partial charge on any atom is 0.156 e. The molecule has 0 spiro atoms. The molecule has 4 heteroatoms. The van der Waals surface area contributed by atoms with Gasteiger partial charge >= 0.3 is 0 Å². The van der Waals surface area contributed by atoms with Crippen LogP contribution in [0.15, 0.2) is 5.16 Å². The van der Waals surface area contributed by atoms with Gasteiger partial charge in [0, 0.05) is 0 Å². The quantitative estimate of drug-likeness (QED) is 0.283. The zero-order chi connectivity index (χ0) is 8.97. The van der Waals surface area contributed by atoms with Gasteiger partial charge < -0.3 is 10.9 Å². The van der Waals surface area contributed by atoms with Crippen molar-refractivity contribution in [2.75, 3.05) is 13.1 Å². The van der Waals surface area contributed by atoms with E-state index in [1.165, 1.54) is 12.8 Å². The van der Waals surface area contributed by atoms with Crippen LogP contribution in [0, 0.1) is 0 Å². The molecule has 0 radical (unpaired) electrons. The van der Waals surface area contributed by atoms with Gasteiger partial charge in [0.2, 0.25) is 0 Å². The fraction of sp³-hybridized carbons (Fsp3) is 0.875. The highest BCUT2D eigenvalue weighted by atomic mass is 16.4. The zero-order valence-corrected chi connectivity index (χ0v) is 7.53. The van der Waals surface area contributed by atoms with E-state index < -0.39 is 0 Å².